The van der Waals surface area contributed by atoms with E-state index in [9.17, 15) is 0 Å². The average Bonchev–Trinajstić information content (AvgIpc) is 1.63. The number of rotatable bonds is 0. The Hall–Kier alpha value is 0.0797. The molecule has 0 bridgehead atoms. The van der Waals surface area contributed by atoms with Gasteiger partial charge in [-0.1, -0.05) is 0 Å². The molecule has 0 unspecified atom stereocenters. The molecule has 0 spiro atoms. The van der Waals surface area contributed by atoms with E-state index in [2.05, 4.69) is 0 Å². The van der Waals surface area contributed by atoms with Gasteiger partial charge in [0.2, 0.25) is 0 Å². The van der Waals surface area contributed by atoms with Gasteiger partial charge < -0.3 is 25.3 Å². The fourth-order valence-electron chi connectivity index (χ4n) is 0. The number of hydrogen-bond acceptors (Lipinski definition) is 5. The first-order valence-corrected chi connectivity index (χ1v) is 1.84. The summed E-state index contributed by atoms with van der Waals surface area (Å²) in [5.41, 5.74) is 0. The van der Waals surface area contributed by atoms with E-state index in [1.165, 1.54) is 0 Å². The Labute approximate surface area is 91.9 Å². The SMILES string of the molecule is O=C(O)C(=O)O.[Li+].[Li+].[O-]B([O-])O. The van der Waals surface area contributed by atoms with Crippen molar-refractivity contribution in [3.8, 4) is 0 Å². The molecule has 0 fully saturated rings. The van der Waals surface area contributed by atoms with E-state index in [1.54, 1.807) is 0 Å². The van der Waals surface area contributed by atoms with Gasteiger partial charge in [-0.15, -0.1) is 0 Å². The molecule has 0 aromatic heterocycles. The van der Waals surface area contributed by atoms with Crippen LogP contribution in [0.3, 0.4) is 0 Å². The van der Waals surface area contributed by atoms with Crippen LogP contribution in [0.4, 0.5) is 0 Å². The minimum Gasteiger partial charge on any atom is -0.871 e. The third-order valence-electron chi connectivity index (χ3n) is 0.183. The van der Waals surface area contributed by atoms with E-state index in [1.807, 2.05) is 0 Å². The van der Waals surface area contributed by atoms with Crippen molar-refractivity contribution in [2.24, 2.45) is 0 Å². The molecule has 0 atom stereocenters. The predicted molar refractivity (Wildman–Crippen MR) is 23.2 cm³/mol. The maximum atomic E-state index is 9.10. The van der Waals surface area contributed by atoms with Gasteiger partial charge in [-0.2, -0.15) is 0 Å². The molecular weight excluding hydrogens is 161 g/mol. The molecule has 0 rings (SSSR count). The van der Waals surface area contributed by atoms with Crippen molar-refractivity contribution in [3.63, 3.8) is 0 Å². The maximum Gasteiger partial charge on any atom is 1.00 e. The van der Waals surface area contributed by atoms with Crippen molar-refractivity contribution in [3.05, 3.63) is 0 Å². The van der Waals surface area contributed by atoms with Gasteiger partial charge >= 0.3 is 49.7 Å². The molecule has 0 heterocycles. The molecule has 3 N–H and O–H groups in total. The standard InChI is InChI=1S/C2H2O4.BHO3.2Li/c3-1(4)2(5)6;2-1(3)4;;/h(H,3,4)(H,5,6);2H;;/q;-2;2*+1. The number of carboxylic acid groups (broad SMARTS) is 2. The zero-order valence-electron chi connectivity index (χ0n) is 6.55. The van der Waals surface area contributed by atoms with Gasteiger partial charge in [-0.05, 0) is 0 Å². The van der Waals surface area contributed by atoms with E-state index < -0.39 is 19.3 Å². The maximum absolute atomic E-state index is 9.10. The Morgan fingerprint density at radius 2 is 1.08 bits per heavy atom. The second-order valence-electron chi connectivity index (χ2n) is 0.917. The van der Waals surface area contributed by atoms with Crippen molar-refractivity contribution >= 4 is 19.3 Å². The van der Waals surface area contributed by atoms with Crippen molar-refractivity contribution < 1.29 is 72.6 Å². The monoisotopic (exact) mass is 164 g/mol. The summed E-state index contributed by atoms with van der Waals surface area (Å²) < 4.78 is 0. The summed E-state index contributed by atoms with van der Waals surface area (Å²) in [6.07, 6.45) is 0. The van der Waals surface area contributed by atoms with Crippen LogP contribution in [0.5, 0.6) is 0 Å². The number of aliphatic carboxylic acids is 2. The summed E-state index contributed by atoms with van der Waals surface area (Å²) in [5.74, 6) is -3.65. The van der Waals surface area contributed by atoms with Gasteiger partial charge in [0.15, 0.2) is 0 Å². The molecule has 0 aliphatic heterocycles. The second-order valence-corrected chi connectivity index (χ2v) is 0.917. The number of hydrogen-bond donors (Lipinski definition) is 3. The van der Waals surface area contributed by atoms with Crippen molar-refractivity contribution in [1.29, 1.82) is 0 Å². The Morgan fingerprint density at radius 3 is 1.08 bits per heavy atom. The van der Waals surface area contributed by atoms with E-state index in [4.69, 9.17) is 34.9 Å². The molecule has 0 saturated carbocycles. The molecule has 0 aromatic rings. The van der Waals surface area contributed by atoms with Gasteiger partial charge in [0.25, 0.3) is 0 Å². The average molecular weight is 164 g/mol. The van der Waals surface area contributed by atoms with E-state index in [0.717, 1.165) is 0 Å². The second kappa shape index (κ2) is 13.7. The van der Waals surface area contributed by atoms with Crippen LogP contribution in [-0.4, -0.2) is 34.5 Å². The molecule has 7 nitrogen and oxygen atoms in total. The number of carbonyl (C=O) groups is 2. The van der Waals surface area contributed by atoms with E-state index in [0.29, 0.717) is 0 Å². The van der Waals surface area contributed by atoms with Crippen LogP contribution in [0.25, 0.3) is 0 Å². The molecule has 58 valence electrons. The van der Waals surface area contributed by atoms with Crippen LogP contribution in [0.15, 0.2) is 0 Å². The predicted octanol–water partition coefficient (Wildman–Crippen LogP) is -10.2. The van der Waals surface area contributed by atoms with Crippen LogP contribution < -0.4 is 47.8 Å². The zero-order chi connectivity index (χ0) is 8.73. The molecule has 0 aromatic carbocycles. The smallest absolute Gasteiger partial charge is 0.871 e. The Kier molecular flexibility index (Phi) is 25.8. The normalized spacial score (nSPS) is 5.92. The minimum atomic E-state index is -2.67. The molecule has 0 amide bonds. The Bertz CT molecular complexity index is 112. The fourth-order valence-corrected chi connectivity index (χ4v) is 0. The fraction of sp³-hybridized carbons (Fsp3) is 0. The van der Waals surface area contributed by atoms with Gasteiger partial charge in [0.1, 0.15) is 0 Å². The number of carboxylic acids is 2. The largest absolute Gasteiger partial charge is 1.00 e. The first-order chi connectivity index (χ1) is 4.37. The quantitative estimate of drug-likeness (QED) is 0.238. The summed E-state index contributed by atoms with van der Waals surface area (Å²) in [5, 5.41) is 38.8. The summed E-state index contributed by atoms with van der Waals surface area (Å²) in [7, 11) is -2.67. The molecule has 10 heteroatoms. The molecular formula is C2H3BLi2O7. The van der Waals surface area contributed by atoms with Crippen LogP contribution in [0, 0.1) is 0 Å². The Balaban J connectivity index is -0.0000000483. The molecule has 12 heavy (non-hydrogen) atoms. The Morgan fingerprint density at radius 1 is 1.00 bits per heavy atom. The van der Waals surface area contributed by atoms with Crippen LogP contribution >= 0.6 is 0 Å². The molecule has 0 aliphatic rings. The summed E-state index contributed by atoms with van der Waals surface area (Å²) in [4.78, 5) is 18.2. The van der Waals surface area contributed by atoms with Crippen molar-refractivity contribution in [2.45, 2.75) is 0 Å². The van der Waals surface area contributed by atoms with Gasteiger partial charge in [0.05, 0.1) is 7.32 Å². The van der Waals surface area contributed by atoms with Gasteiger partial charge in [-0.3, -0.25) is 0 Å². The van der Waals surface area contributed by atoms with Crippen LogP contribution in [0.1, 0.15) is 0 Å². The first-order valence-electron chi connectivity index (χ1n) is 1.84. The summed E-state index contributed by atoms with van der Waals surface area (Å²) >= 11 is 0. The van der Waals surface area contributed by atoms with Crippen LogP contribution in [-0.2, 0) is 9.59 Å². The van der Waals surface area contributed by atoms with E-state index >= 15 is 0 Å². The molecule has 0 saturated heterocycles. The van der Waals surface area contributed by atoms with Crippen molar-refractivity contribution in [2.75, 3.05) is 0 Å². The van der Waals surface area contributed by atoms with Gasteiger partial charge in [-0.25, -0.2) is 9.59 Å². The zero-order valence-corrected chi connectivity index (χ0v) is 6.55. The first kappa shape index (κ1) is 22.7. The summed E-state index contributed by atoms with van der Waals surface area (Å²) in [6, 6.07) is 0. The van der Waals surface area contributed by atoms with Crippen LogP contribution in [0.2, 0.25) is 0 Å². The summed E-state index contributed by atoms with van der Waals surface area (Å²) in [6.45, 7) is 0. The van der Waals surface area contributed by atoms with Gasteiger partial charge in [0, 0.05) is 0 Å². The minimum absolute atomic E-state index is 0. The molecule has 0 aliphatic carbocycles. The topological polar surface area (TPSA) is 141 Å². The van der Waals surface area contributed by atoms with Crippen molar-refractivity contribution in [1.82, 2.24) is 0 Å². The molecule has 0 radical (unpaired) electrons. The third-order valence-corrected chi connectivity index (χ3v) is 0.183. The third kappa shape index (κ3) is 49.9. The van der Waals surface area contributed by atoms with E-state index in [-0.39, 0.29) is 37.7 Å².